The van der Waals surface area contributed by atoms with Crippen LogP contribution >= 0.6 is 11.5 Å². The quantitative estimate of drug-likeness (QED) is 0.734. The number of hydrogen-bond donors (Lipinski definition) is 2. The smallest absolute Gasteiger partial charge is 0.265 e. The van der Waals surface area contributed by atoms with Gasteiger partial charge in [-0.25, -0.2) is 0 Å². The van der Waals surface area contributed by atoms with Crippen LogP contribution in [0.3, 0.4) is 0 Å². The molecule has 1 amide bonds. The number of piperidine rings is 1. The van der Waals surface area contributed by atoms with Gasteiger partial charge in [0.2, 0.25) is 0 Å². The SMILES string of the molecule is CCCc1nnsc1C(=O)NCCOC1CCNCC1. The summed E-state index contributed by atoms with van der Waals surface area (Å²) in [5.41, 5.74) is 0.800. The first-order valence-electron chi connectivity index (χ1n) is 7.23. The van der Waals surface area contributed by atoms with Gasteiger partial charge in [-0.2, -0.15) is 0 Å². The van der Waals surface area contributed by atoms with E-state index in [4.69, 9.17) is 4.74 Å². The summed E-state index contributed by atoms with van der Waals surface area (Å²) in [5, 5.41) is 10.2. The van der Waals surface area contributed by atoms with Crippen LogP contribution in [0, 0.1) is 0 Å². The van der Waals surface area contributed by atoms with E-state index in [1.807, 2.05) is 0 Å². The van der Waals surface area contributed by atoms with Gasteiger partial charge in [0.05, 0.1) is 18.4 Å². The van der Waals surface area contributed by atoms with E-state index in [-0.39, 0.29) is 5.91 Å². The second kappa shape index (κ2) is 8.28. The van der Waals surface area contributed by atoms with Crippen molar-refractivity contribution in [3.63, 3.8) is 0 Å². The normalized spacial score (nSPS) is 16.2. The van der Waals surface area contributed by atoms with Crippen LogP contribution in [0.5, 0.6) is 0 Å². The molecule has 6 nitrogen and oxygen atoms in total. The molecule has 2 N–H and O–H groups in total. The van der Waals surface area contributed by atoms with Crippen molar-refractivity contribution >= 4 is 17.4 Å². The molecule has 1 aromatic heterocycles. The van der Waals surface area contributed by atoms with Crippen molar-refractivity contribution in [2.75, 3.05) is 26.2 Å². The zero-order chi connectivity index (χ0) is 14.2. The Hall–Kier alpha value is -1.05. The lowest BCUT2D eigenvalue weighted by atomic mass is 10.1. The van der Waals surface area contributed by atoms with Crippen molar-refractivity contribution in [2.45, 2.75) is 38.7 Å². The second-order valence-electron chi connectivity index (χ2n) is 4.87. The van der Waals surface area contributed by atoms with E-state index in [0.29, 0.717) is 24.1 Å². The lowest BCUT2D eigenvalue weighted by Gasteiger charge is -2.22. The average molecular weight is 298 g/mol. The number of ether oxygens (including phenoxy) is 1. The van der Waals surface area contributed by atoms with Gasteiger partial charge in [-0.1, -0.05) is 17.8 Å². The molecule has 2 rings (SSSR count). The van der Waals surface area contributed by atoms with Crippen molar-refractivity contribution in [2.24, 2.45) is 0 Å². The van der Waals surface area contributed by atoms with Gasteiger partial charge in [0.1, 0.15) is 4.88 Å². The summed E-state index contributed by atoms with van der Waals surface area (Å²) in [6.07, 6.45) is 4.18. The first-order valence-corrected chi connectivity index (χ1v) is 8.00. The largest absolute Gasteiger partial charge is 0.376 e. The number of nitrogens with one attached hydrogen (secondary N) is 2. The molecule has 1 aliphatic heterocycles. The van der Waals surface area contributed by atoms with Crippen LogP contribution in [-0.4, -0.2) is 47.8 Å². The highest BCUT2D eigenvalue weighted by Crippen LogP contribution is 2.12. The van der Waals surface area contributed by atoms with E-state index in [1.54, 1.807) is 0 Å². The van der Waals surface area contributed by atoms with Crippen molar-refractivity contribution in [1.29, 1.82) is 0 Å². The fraction of sp³-hybridized carbons (Fsp3) is 0.769. The van der Waals surface area contributed by atoms with Gasteiger partial charge in [0.25, 0.3) is 5.91 Å². The minimum Gasteiger partial charge on any atom is -0.376 e. The summed E-state index contributed by atoms with van der Waals surface area (Å²) in [4.78, 5) is 12.6. The first kappa shape index (κ1) is 15.3. The monoisotopic (exact) mass is 298 g/mol. The predicted octanol–water partition coefficient (Wildman–Crippen LogP) is 0.989. The summed E-state index contributed by atoms with van der Waals surface area (Å²) in [5.74, 6) is -0.0858. The zero-order valence-electron chi connectivity index (χ0n) is 11.9. The molecule has 0 radical (unpaired) electrons. The molecule has 0 aliphatic carbocycles. The Balaban J connectivity index is 1.68. The molecular weight excluding hydrogens is 276 g/mol. The molecule has 1 fully saturated rings. The number of rotatable bonds is 7. The maximum absolute atomic E-state index is 12.0. The summed E-state index contributed by atoms with van der Waals surface area (Å²) in [7, 11) is 0. The van der Waals surface area contributed by atoms with Crippen molar-refractivity contribution in [3.05, 3.63) is 10.6 Å². The molecule has 0 atom stereocenters. The molecular formula is C13H22N4O2S. The lowest BCUT2D eigenvalue weighted by molar-refractivity contribution is 0.0343. The number of aryl methyl sites for hydroxylation is 1. The molecule has 20 heavy (non-hydrogen) atoms. The Labute approximate surface area is 123 Å². The van der Waals surface area contributed by atoms with Crippen LogP contribution in [0.25, 0.3) is 0 Å². The van der Waals surface area contributed by atoms with Crippen molar-refractivity contribution < 1.29 is 9.53 Å². The van der Waals surface area contributed by atoms with Crippen LogP contribution < -0.4 is 10.6 Å². The Morgan fingerprint density at radius 3 is 3.05 bits per heavy atom. The molecule has 0 unspecified atom stereocenters. The highest BCUT2D eigenvalue weighted by molar-refractivity contribution is 7.08. The Morgan fingerprint density at radius 2 is 2.30 bits per heavy atom. The number of aromatic nitrogens is 2. The molecule has 1 aliphatic rings. The fourth-order valence-corrected chi connectivity index (χ4v) is 2.84. The Bertz CT molecular complexity index is 418. The molecule has 2 heterocycles. The van der Waals surface area contributed by atoms with E-state index >= 15 is 0 Å². The highest BCUT2D eigenvalue weighted by atomic mass is 32.1. The number of carbonyl (C=O) groups is 1. The summed E-state index contributed by atoms with van der Waals surface area (Å²) in [6.45, 7) is 5.19. The third-order valence-electron chi connectivity index (χ3n) is 3.28. The van der Waals surface area contributed by atoms with Gasteiger partial charge >= 0.3 is 0 Å². The topological polar surface area (TPSA) is 76.1 Å². The standard InChI is InChI=1S/C13H22N4O2S/c1-2-3-11-12(20-17-16-11)13(18)15-8-9-19-10-4-6-14-7-5-10/h10,14H,2-9H2,1H3,(H,15,18). The van der Waals surface area contributed by atoms with E-state index in [9.17, 15) is 4.79 Å². The fourth-order valence-electron chi connectivity index (χ4n) is 2.21. The summed E-state index contributed by atoms with van der Waals surface area (Å²) < 4.78 is 9.60. The highest BCUT2D eigenvalue weighted by Gasteiger charge is 2.16. The van der Waals surface area contributed by atoms with Gasteiger partial charge in [0, 0.05) is 6.54 Å². The molecule has 1 saturated heterocycles. The lowest BCUT2D eigenvalue weighted by Crippen LogP contribution is -2.34. The number of nitrogens with zero attached hydrogens (tertiary/aromatic N) is 2. The number of carbonyl (C=O) groups excluding carboxylic acids is 1. The predicted molar refractivity (Wildman–Crippen MR) is 78.1 cm³/mol. The van der Waals surface area contributed by atoms with Crippen molar-refractivity contribution in [3.8, 4) is 0 Å². The van der Waals surface area contributed by atoms with Crippen LogP contribution in [0.15, 0.2) is 0 Å². The number of amides is 1. The first-order chi connectivity index (χ1) is 9.81. The molecule has 0 spiro atoms. The van der Waals surface area contributed by atoms with E-state index in [0.717, 1.165) is 56.0 Å². The molecule has 1 aromatic rings. The van der Waals surface area contributed by atoms with Gasteiger partial charge in [-0.05, 0) is 43.9 Å². The molecule has 0 saturated carbocycles. The minimum absolute atomic E-state index is 0.0858. The maximum atomic E-state index is 12.0. The average Bonchev–Trinajstić information content (AvgIpc) is 2.93. The van der Waals surface area contributed by atoms with E-state index < -0.39 is 0 Å². The van der Waals surface area contributed by atoms with Gasteiger partial charge < -0.3 is 15.4 Å². The molecule has 0 aromatic carbocycles. The van der Waals surface area contributed by atoms with Gasteiger partial charge in [-0.15, -0.1) is 5.10 Å². The molecule has 7 heteroatoms. The summed E-state index contributed by atoms with van der Waals surface area (Å²) >= 11 is 1.16. The van der Waals surface area contributed by atoms with Crippen LogP contribution in [-0.2, 0) is 11.2 Å². The van der Waals surface area contributed by atoms with Crippen LogP contribution in [0.4, 0.5) is 0 Å². The zero-order valence-corrected chi connectivity index (χ0v) is 12.7. The van der Waals surface area contributed by atoms with Crippen molar-refractivity contribution in [1.82, 2.24) is 20.2 Å². The van der Waals surface area contributed by atoms with Gasteiger partial charge in [0.15, 0.2) is 0 Å². The van der Waals surface area contributed by atoms with E-state index in [1.165, 1.54) is 0 Å². The number of hydrogen-bond acceptors (Lipinski definition) is 6. The second-order valence-corrected chi connectivity index (χ2v) is 5.63. The third-order valence-corrected chi connectivity index (χ3v) is 4.04. The molecule has 112 valence electrons. The van der Waals surface area contributed by atoms with Gasteiger partial charge in [-0.3, -0.25) is 4.79 Å². The Kier molecular flexibility index (Phi) is 6.35. The summed E-state index contributed by atoms with van der Waals surface area (Å²) in [6, 6.07) is 0. The van der Waals surface area contributed by atoms with Crippen LogP contribution in [0.2, 0.25) is 0 Å². The van der Waals surface area contributed by atoms with E-state index in [2.05, 4.69) is 27.1 Å². The maximum Gasteiger partial charge on any atom is 0.265 e. The Morgan fingerprint density at radius 1 is 1.50 bits per heavy atom. The van der Waals surface area contributed by atoms with Crippen LogP contribution in [0.1, 0.15) is 41.6 Å². The minimum atomic E-state index is -0.0858. The molecule has 0 bridgehead atoms. The third kappa shape index (κ3) is 4.50.